The van der Waals surface area contributed by atoms with Gasteiger partial charge >= 0.3 is 0 Å². The van der Waals surface area contributed by atoms with Crippen LogP contribution in [0, 0.1) is 12.8 Å². The van der Waals surface area contributed by atoms with E-state index in [2.05, 4.69) is 5.32 Å². The van der Waals surface area contributed by atoms with Crippen molar-refractivity contribution in [3.05, 3.63) is 28.8 Å². The fourth-order valence-corrected chi connectivity index (χ4v) is 4.45. The molecule has 0 aromatic heterocycles. The van der Waals surface area contributed by atoms with Crippen LogP contribution in [-0.2, 0) is 14.8 Å². The van der Waals surface area contributed by atoms with Crippen molar-refractivity contribution in [2.24, 2.45) is 5.92 Å². The van der Waals surface area contributed by atoms with Crippen molar-refractivity contribution in [2.45, 2.75) is 51.0 Å². The van der Waals surface area contributed by atoms with Gasteiger partial charge in [0.1, 0.15) is 0 Å². The SMILES string of the molecule is CC[C@H](C)NC(=O)C1CCN(S(=O)(=O)c2ccc(C)c(Cl)c2)CC1. The fraction of sp³-hybridized carbons (Fsp3) is 0.588. The number of rotatable bonds is 5. The molecule has 7 heteroatoms. The minimum Gasteiger partial charge on any atom is -0.353 e. The van der Waals surface area contributed by atoms with Gasteiger partial charge in [0.15, 0.2) is 0 Å². The molecule has 134 valence electrons. The zero-order chi connectivity index (χ0) is 17.9. The third kappa shape index (κ3) is 4.29. The molecule has 1 saturated heterocycles. The van der Waals surface area contributed by atoms with Crippen molar-refractivity contribution < 1.29 is 13.2 Å². The van der Waals surface area contributed by atoms with Gasteiger partial charge in [0, 0.05) is 30.1 Å². The van der Waals surface area contributed by atoms with Crippen LogP contribution < -0.4 is 5.32 Å². The second kappa shape index (κ2) is 7.85. The maximum absolute atomic E-state index is 12.7. The molecule has 1 aliphatic heterocycles. The van der Waals surface area contributed by atoms with Gasteiger partial charge in [-0.3, -0.25) is 4.79 Å². The van der Waals surface area contributed by atoms with E-state index in [1.165, 1.54) is 10.4 Å². The number of hydrogen-bond acceptors (Lipinski definition) is 3. The summed E-state index contributed by atoms with van der Waals surface area (Å²) in [4.78, 5) is 12.4. The fourth-order valence-electron chi connectivity index (χ4n) is 2.70. The number of carbonyl (C=O) groups is 1. The third-order valence-corrected chi connectivity index (χ3v) is 6.91. The Labute approximate surface area is 149 Å². The number of aryl methyl sites for hydroxylation is 1. The van der Waals surface area contributed by atoms with Gasteiger partial charge in [-0.25, -0.2) is 8.42 Å². The van der Waals surface area contributed by atoms with Gasteiger partial charge < -0.3 is 5.32 Å². The summed E-state index contributed by atoms with van der Waals surface area (Å²) < 4.78 is 26.9. The number of piperidine rings is 1. The minimum absolute atomic E-state index is 0.0276. The maximum atomic E-state index is 12.7. The molecule has 0 saturated carbocycles. The summed E-state index contributed by atoms with van der Waals surface area (Å²) >= 11 is 6.05. The molecule has 24 heavy (non-hydrogen) atoms. The third-order valence-electron chi connectivity index (χ3n) is 4.61. The molecule has 5 nitrogen and oxygen atoms in total. The quantitative estimate of drug-likeness (QED) is 0.864. The number of nitrogens with one attached hydrogen (secondary N) is 1. The van der Waals surface area contributed by atoms with Crippen molar-refractivity contribution in [3.63, 3.8) is 0 Å². The predicted molar refractivity (Wildman–Crippen MR) is 95.6 cm³/mol. The van der Waals surface area contributed by atoms with E-state index >= 15 is 0 Å². The maximum Gasteiger partial charge on any atom is 0.243 e. The van der Waals surface area contributed by atoms with Gasteiger partial charge in [0.25, 0.3) is 0 Å². The minimum atomic E-state index is -3.56. The lowest BCUT2D eigenvalue weighted by Crippen LogP contribution is -2.44. The van der Waals surface area contributed by atoms with Crippen LogP contribution in [0.4, 0.5) is 0 Å². The van der Waals surface area contributed by atoms with Crippen LogP contribution in [0.15, 0.2) is 23.1 Å². The van der Waals surface area contributed by atoms with Crippen LogP contribution in [0.5, 0.6) is 0 Å². The van der Waals surface area contributed by atoms with Gasteiger partial charge in [0.2, 0.25) is 15.9 Å². The van der Waals surface area contributed by atoms with Gasteiger partial charge in [-0.15, -0.1) is 0 Å². The molecule has 1 N–H and O–H groups in total. The molecule has 1 atom stereocenters. The Hall–Kier alpha value is -1.11. The Morgan fingerprint density at radius 2 is 2.00 bits per heavy atom. The average molecular weight is 373 g/mol. The van der Waals surface area contributed by atoms with Gasteiger partial charge in [-0.05, 0) is 50.8 Å². The Morgan fingerprint density at radius 1 is 1.38 bits per heavy atom. The summed E-state index contributed by atoms with van der Waals surface area (Å²) in [6, 6.07) is 4.93. The van der Waals surface area contributed by atoms with E-state index in [0.717, 1.165) is 12.0 Å². The first-order valence-corrected chi connectivity index (χ1v) is 10.1. The van der Waals surface area contributed by atoms with Crippen LogP contribution in [0.25, 0.3) is 0 Å². The van der Waals surface area contributed by atoms with Gasteiger partial charge in [-0.2, -0.15) is 4.31 Å². The summed E-state index contributed by atoms with van der Waals surface area (Å²) in [5.41, 5.74) is 0.844. The molecule has 0 spiro atoms. The largest absolute Gasteiger partial charge is 0.353 e. The zero-order valence-corrected chi connectivity index (χ0v) is 16.0. The van der Waals surface area contributed by atoms with Crippen molar-refractivity contribution in [2.75, 3.05) is 13.1 Å². The van der Waals surface area contributed by atoms with Crippen LogP contribution in [0.2, 0.25) is 5.02 Å². The first-order chi connectivity index (χ1) is 11.3. The number of carbonyl (C=O) groups excluding carboxylic acids is 1. The molecule has 0 bridgehead atoms. The van der Waals surface area contributed by atoms with Crippen molar-refractivity contribution in [3.8, 4) is 0 Å². The van der Waals surface area contributed by atoms with E-state index in [-0.39, 0.29) is 22.8 Å². The number of benzene rings is 1. The van der Waals surface area contributed by atoms with E-state index in [0.29, 0.717) is 31.0 Å². The first kappa shape index (κ1) is 19.2. The monoisotopic (exact) mass is 372 g/mol. The van der Waals surface area contributed by atoms with Gasteiger partial charge in [-0.1, -0.05) is 24.6 Å². The number of hydrogen-bond donors (Lipinski definition) is 1. The molecule has 1 fully saturated rings. The zero-order valence-electron chi connectivity index (χ0n) is 14.4. The predicted octanol–water partition coefficient (Wildman–Crippen LogP) is 2.96. The Morgan fingerprint density at radius 3 is 2.54 bits per heavy atom. The smallest absolute Gasteiger partial charge is 0.243 e. The number of halogens is 1. The first-order valence-electron chi connectivity index (χ1n) is 8.32. The number of sulfonamides is 1. The topological polar surface area (TPSA) is 66.5 Å². The van der Waals surface area contributed by atoms with E-state index in [9.17, 15) is 13.2 Å². The second-order valence-electron chi connectivity index (χ2n) is 6.41. The van der Waals surface area contributed by atoms with E-state index in [1.807, 2.05) is 20.8 Å². The van der Waals surface area contributed by atoms with Crippen molar-refractivity contribution in [1.29, 1.82) is 0 Å². The lowest BCUT2D eigenvalue weighted by molar-refractivity contribution is -0.126. The molecule has 1 amide bonds. The second-order valence-corrected chi connectivity index (χ2v) is 8.75. The van der Waals surface area contributed by atoms with Crippen LogP contribution in [0.1, 0.15) is 38.7 Å². The lowest BCUT2D eigenvalue weighted by atomic mass is 9.97. The highest BCUT2D eigenvalue weighted by molar-refractivity contribution is 7.89. The molecule has 1 aliphatic rings. The number of nitrogens with zero attached hydrogens (tertiary/aromatic N) is 1. The van der Waals surface area contributed by atoms with Crippen LogP contribution in [0.3, 0.4) is 0 Å². The summed E-state index contributed by atoms with van der Waals surface area (Å²) in [7, 11) is -3.56. The summed E-state index contributed by atoms with van der Waals surface area (Å²) in [5, 5.41) is 3.42. The van der Waals surface area contributed by atoms with E-state index < -0.39 is 10.0 Å². The number of amides is 1. The Kier molecular flexibility index (Phi) is 6.28. The van der Waals surface area contributed by atoms with Crippen LogP contribution in [-0.4, -0.2) is 37.8 Å². The molecule has 0 aliphatic carbocycles. The highest BCUT2D eigenvalue weighted by atomic mass is 35.5. The molecule has 2 rings (SSSR count). The molecular weight excluding hydrogens is 348 g/mol. The standard InChI is InChI=1S/C17H25ClN2O3S/c1-4-13(3)19-17(21)14-7-9-20(10-8-14)24(22,23)15-6-5-12(2)16(18)11-15/h5-6,11,13-14H,4,7-10H2,1-3H3,(H,19,21)/t13-/m0/s1. The van der Waals surface area contributed by atoms with Gasteiger partial charge in [0.05, 0.1) is 4.90 Å². The van der Waals surface area contributed by atoms with E-state index in [1.54, 1.807) is 12.1 Å². The lowest BCUT2D eigenvalue weighted by Gasteiger charge is -2.31. The van der Waals surface area contributed by atoms with Crippen LogP contribution >= 0.6 is 11.6 Å². The normalized spacial score (nSPS) is 18.3. The molecule has 0 unspecified atom stereocenters. The highest BCUT2D eigenvalue weighted by Crippen LogP contribution is 2.26. The summed E-state index contributed by atoms with van der Waals surface area (Å²) in [6.45, 7) is 6.53. The van der Waals surface area contributed by atoms with E-state index in [4.69, 9.17) is 11.6 Å². The Bertz CT molecular complexity index is 698. The molecule has 1 aromatic carbocycles. The average Bonchev–Trinajstić information content (AvgIpc) is 2.57. The molecule has 1 aromatic rings. The summed E-state index contributed by atoms with van der Waals surface area (Å²) in [5.74, 6) is -0.0909. The molecular formula is C17H25ClN2O3S. The van der Waals surface area contributed by atoms with Crippen molar-refractivity contribution >= 4 is 27.5 Å². The molecule has 0 radical (unpaired) electrons. The molecule has 1 heterocycles. The summed E-state index contributed by atoms with van der Waals surface area (Å²) in [6.07, 6.45) is 1.97. The van der Waals surface area contributed by atoms with Crippen molar-refractivity contribution in [1.82, 2.24) is 9.62 Å². The Balaban J connectivity index is 2.03. The highest BCUT2D eigenvalue weighted by Gasteiger charge is 2.32.